The molecule has 1 aromatic carbocycles. The van der Waals surface area contributed by atoms with Crippen LogP contribution in [0, 0.1) is 11.8 Å². The number of hydrogen-bond acceptors (Lipinski definition) is 5. The highest BCUT2D eigenvalue weighted by atomic mass is 16.4. The van der Waals surface area contributed by atoms with Crippen molar-refractivity contribution in [3.05, 3.63) is 29.3 Å². The molecule has 1 aromatic rings. The molecule has 1 heterocycles. The van der Waals surface area contributed by atoms with Crippen molar-refractivity contribution in [1.29, 1.82) is 0 Å². The van der Waals surface area contributed by atoms with E-state index < -0.39 is 5.97 Å². The summed E-state index contributed by atoms with van der Waals surface area (Å²) in [4.78, 5) is 46.3. The van der Waals surface area contributed by atoms with Gasteiger partial charge in [-0.2, -0.15) is 0 Å². The minimum atomic E-state index is -0.778. The van der Waals surface area contributed by atoms with Gasteiger partial charge in [0.2, 0.25) is 11.8 Å². The van der Waals surface area contributed by atoms with Gasteiger partial charge in [0.15, 0.2) is 5.78 Å². The molecule has 1 aliphatic heterocycles. The van der Waals surface area contributed by atoms with Gasteiger partial charge < -0.3 is 10.4 Å². The number of aliphatic carboxylic acids is 1. The van der Waals surface area contributed by atoms with Gasteiger partial charge in [-0.05, 0) is 62.3 Å². The lowest BCUT2D eigenvalue weighted by atomic mass is 9.88. The maximum Gasteiger partial charge on any atom is 0.303 e. The molecule has 1 aliphatic carbocycles. The van der Waals surface area contributed by atoms with Gasteiger partial charge in [-0.3, -0.25) is 24.5 Å². The Morgan fingerprint density at radius 2 is 1.93 bits per heavy atom. The molecule has 1 saturated heterocycles. The first kappa shape index (κ1) is 20.0. The molecule has 2 atom stereocenters. The van der Waals surface area contributed by atoms with Gasteiger partial charge in [0.1, 0.15) is 0 Å². The van der Waals surface area contributed by atoms with Crippen molar-refractivity contribution in [3.8, 4) is 0 Å². The first-order valence-corrected chi connectivity index (χ1v) is 9.90. The molecule has 2 amide bonds. The predicted molar refractivity (Wildman–Crippen MR) is 103 cm³/mol. The first-order valence-electron chi connectivity index (χ1n) is 9.90. The fourth-order valence-electron chi connectivity index (χ4n) is 3.97. The number of rotatable bonds is 9. The van der Waals surface area contributed by atoms with Crippen LogP contribution in [0.3, 0.4) is 0 Å². The van der Waals surface area contributed by atoms with Crippen molar-refractivity contribution >= 4 is 29.3 Å². The number of hydrogen-bond donors (Lipinski definition) is 3. The highest BCUT2D eigenvalue weighted by Crippen LogP contribution is 2.33. The number of benzene rings is 1. The quantitative estimate of drug-likeness (QED) is 0.444. The zero-order valence-corrected chi connectivity index (χ0v) is 15.8. The zero-order chi connectivity index (χ0) is 20.1. The second-order valence-corrected chi connectivity index (χ2v) is 7.64. The van der Waals surface area contributed by atoms with Gasteiger partial charge in [-0.1, -0.05) is 0 Å². The van der Waals surface area contributed by atoms with Crippen molar-refractivity contribution in [2.24, 2.45) is 11.8 Å². The van der Waals surface area contributed by atoms with Crippen LogP contribution in [0.25, 0.3) is 0 Å². The minimum Gasteiger partial charge on any atom is -0.481 e. The van der Waals surface area contributed by atoms with Gasteiger partial charge >= 0.3 is 5.97 Å². The first-order chi connectivity index (χ1) is 13.4. The largest absolute Gasteiger partial charge is 0.481 e. The van der Waals surface area contributed by atoms with E-state index in [1.54, 1.807) is 0 Å². The highest BCUT2D eigenvalue weighted by Gasteiger charge is 2.33. The Labute approximate surface area is 163 Å². The van der Waals surface area contributed by atoms with Crippen LogP contribution in [0.1, 0.15) is 60.9 Å². The van der Waals surface area contributed by atoms with Crippen LogP contribution in [0.5, 0.6) is 0 Å². The van der Waals surface area contributed by atoms with E-state index in [-0.39, 0.29) is 35.9 Å². The molecule has 150 valence electrons. The molecule has 2 unspecified atom stereocenters. The van der Waals surface area contributed by atoms with E-state index >= 15 is 0 Å². The Bertz CT molecular complexity index is 789. The summed E-state index contributed by atoms with van der Waals surface area (Å²) in [5.74, 6) is -1.36. The number of nitrogens with one attached hydrogen (secondary N) is 2. The van der Waals surface area contributed by atoms with Gasteiger partial charge in [0.25, 0.3) is 0 Å². The number of piperidine rings is 1. The zero-order valence-electron chi connectivity index (χ0n) is 15.8. The van der Waals surface area contributed by atoms with Gasteiger partial charge in [0.05, 0.1) is 0 Å². The number of carbonyl (C=O) groups is 4. The van der Waals surface area contributed by atoms with Gasteiger partial charge in [-0.15, -0.1) is 0 Å². The van der Waals surface area contributed by atoms with Crippen LogP contribution in [0.4, 0.5) is 5.69 Å². The Morgan fingerprint density at radius 1 is 1.14 bits per heavy atom. The Hall–Kier alpha value is -2.70. The van der Waals surface area contributed by atoms with Crippen LogP contribution in [0.15, 0.2) is 18.2 Å². The smallest absolute Gasteiger partial charge is 0.303 e. The molecule has 3 rings (SSSR count). The summed E-state index contributed by atoms with van der Waals surface area (Å²) >= 11 is 0. The minimum absolute atomic E-state index is 0.105. The molecule has 0 bridgehead atoms. The summed E-state index contributed by atoms with van der Waals surface area (Å²) in [7, 11) is 0. The van der Waals surface area contributed by atoms with Crippen LogP contribution in [-0.2, 0) is 20.8 Å². The van der Waals surface area contributed by atoms with Crippen molar-refractivity contribution in [1.82, 2.24) is 5.32 Å². The maximum absolute atomic E-state index is 12.6. The van der Waals surface area contributed by atoms with E-state index in [9.17, 15) is 19.2 Å². The summed E-state index contributed by atoms with van der Waals surface area (Å²) in [6, 6.07) is 5.73. The third-order valence-corrected chi connectivity index (χ3v) is 5.57. The number of fused-ring (bicyclic) bond motifs is 1. The lowest BCUT2D eigenvalue weighted by Gasteiger charge is -2.21. The number of amides is 2. The standard InChI is InChI=1S/C21H26N2O5/c24-18-9-6-13(21(28)23-18)4-5-14-11-15-12-16(7-8-17(15)20(14)27)22-10-2-1-3-19(25)26/h7-8,12-14,22H,1-6,9-11H2,(H,25,26)(H,23,24,28). The van der Waals surface area contributed by atoms with Crippen LogP contribution < -0.4 is 10.6 Å². The Kier molecular flexibility index (Phi) is 6.44. The summed E-state index contributed by atoms with van der Waals surface area (Å²) < 4.78 is 0. The predicted octanol–water partition coefficient (Wildman–Crippen LogP) is 2.54. The fourth-order valence-corrected chi connectivity index (χ4v) is 3.97. The molecule has 0 radical (unpaired) electrons. The lowest BCUT2D eigenvalue weighted by Crippen LogP contribution is -2.40. The van der Waals surface area contributed by atoms with E-state index in [1.807, 2.05) is 18.2 Å². The third-order valence-electron chi connectivity index (χ3n) is 5.57. The van der Waals surface area contributed by atoms with Crippen LogP contribution >= 0.6 is 0 Å². The average molecular weight is 386 g/mol. The molecule has 2 aliphatic rings. The Morgan fingerprint density at radius 3 is 2.68 bits per heavy atom. The number of unbranched alkanes of at least 4 members (excludes halogenated alkanes) is 1. The van der Waals surface area contributed by atoms with Crippen LogP contribution in [0.2, 0.25) is 0 Å². The molecule has 1 fully saturated rings. The number of imide groups is 1. The second kappa shape index (κ2) is 8.99. The molecule has 7 nitrogen and oxygen atoms in total. The average Bonchev–Trinajstić information content (AvgIpc) is 2.96. The topological polar surface area (TPSA) is 113 Å². The van der Waals surface area contributed by atoms with Gasteiger partial charge in [-0.25, -0.2) is 0 Å². The molecule has 0 spiro atoms. The molecule has 0 saturated carbocycles. The van der Waals surface area contributed by atoms with Gasteiger partial charge in [0, 0.05) is 42.5 Å². The van der Waals surface area contributed by atoms with Crippen molar-refractivity contribution in [3.63, 3.8) is 0 Å². The third kappa shape index (κ3) is 4.97. The molecular formula is C21H26N2O5. The number of carboxylic acid groups (broad SMARTS) is 1. The normalized spacial score (nSPS) is 21.4. The summed E-state index contributed by atoms with van der Waals surface area (Å²) in [6.45, 7) is 0.693. The molecule has 0 aromatic heterocycles. The molecule has 3 N–H and O–H groups in total. The van der Waals surface area contributed by atoms with Crippen molar-refractivity contribution < 1.29 is 24.3 Å². The molecular weight excluding hydrogens is 360 g/mol. The molecule has 7 heteroatoms. The van der Waals surface area contributed by atoms with E-state index in [0.717, 1.165) is 23.2 Å². The molecule has 28 heavy (non-hydrogen) atoms. The number of ketones is 1. The monoisotopic (exact) mass is 386 g/mol. The summed E-state index contributed by atoms with van der Waals surface area (Å²) in [6.07, 6.45) is 4.47. The number of carboxylic acids is 1. The number of carbonyl (C=O) groups excluding carboxylic acids is 3. The van der Waals surface area contributed by atoms with E-state index in [2.05, 4.69) is 10.6 Å². The summed E-state index contributed by atoms with van der Waals surface area (Å²) in [5.41, 5.74) is 2.71. The van der Waals surface area contributed by atoms with Crippen LogP contribution in [-0.4, -0.2) is 35.2 Å². The fraction of sp³-hybridized carbons (Fsp3) is 0.524. The summed E-state index contributed by atoms with van der Waals surface area (Å²) in [5, 5.41) is 14.3. The number of Topliss-reactive ketones (excluding diaryl/α,β-unsaturated/α-hetero) is 1. The van der Waals surface area contributed by atoms with E-state index in [0.29, 0.717) is 45.1 Å². The van der Waals surface area contributed by atoms with Crippen molar-refractivity contribution in [2.75, 3.05) is 11.9 Å². The van der Waals surface area contributed by atoms with E-state index in [1.165, 1.54) is 0 Å². The second-order valence-electron chi connectivity index (χ2n) is 7.64. The SMILES string of the molecule is O=C(O)CCCCNc1ccc2c(c1)CC(CCC1CCC(=O)NC1=O)C2=O. The number of anilines is 1. The van der Waals surface area contributed by atoms with E-state index in [4.69, 9.17) is 5.11 Å². The highest BCUT2D eigenvalue weighted by molar-refractivity contribution is 6.02. The maximum atomic E-state index is 12.6. The lowest BCUT2D eigenvalue weighted by molar-refractivity contribution is -0.138. The Balaban J connectivity index is 1.49. The van der Waals surface area contributed by atoms with Crippen molar-refractivity contribution in [2.45, 2.75) is 51.4 Å².